The molecule has 114 valence electrons. The Bertz CT molecular complexity index is 692. The van der Waals surface area contributed by atoms with Gasteiger partial charge >= 0.3 is 6.03 Å². The van der Waals surface area contributed by atoms with E-state index in [-0.39, 0.29) is 12.1 Å². The molecule has 2 heterocycles. The molecule has 0 aliphatic carbocycles. The largest absolute Gasteiger partial charge is 0.328 e. The molecule has 0 bridgehead atoms. The van der Waals surface area contributed by atoms with E-state index in [1.165, 1.54) is 11.1 Å². The number of carbonyl (C=O) groups excluding carboxylic acids is 1. The summed E-state index contributed by atoms with van der Waals surface area (Å²) in [7, 11) is 1.86. The molecule has 0 spiro atoms. The summed E-state index contributed by atoms with van der Waals surface area (Å²) in [6.07, 6.45) is 3.73. The van der Waals surface area contributed by atoms with Gasteiger partial charge in [0.2, 0.25) is 0 Å². The van der Waals surface area contributed by atoms with Gasteiger partial charge in [-0.15, -0.1) is 10.2 Å². The molecule has 6 heteroatoms. The normalized spacial score (nSPS) is 15.5. The van der Waals surface area contributed by atoms with Gasteiger partial charge in [-0.3, -0.25) is 0 Å². The highest BCUT2D eigenvalue weighted by Gasteiger charge is 2.23. The average Bonchev–Trinajstić information content (AvgIpc) is 3.17. The number of aryl methyl sites for hydroxylation is 1. The number of nitrogens with one attached hydrogen (secondary N) is 1. The van der Waals surface area contributed by atoms with Crippen LogP contribution in [0, 0.1) is 0 Å². The molecular weight excluding hydrogens is 278 g/mol. The monoisotopic (exact) mass is 297 g/mol. The highest BCUT2D eigenvalue weighted by molar-refractivity contribution is 5.80. The van der Waals surface area contributed by atoms with E-state index in [9.17, 15) is 4.79 Å². The van der Waals surface area contributed by atoms with Crippen LogP contribution in [0.1, 0.15) is 24.4 Å². The van der Waals surface area contributed by atoms with Crippen molar-refractivity contribution < 1.29 is 4.79 Å². The molecule has 1 aromatic carbocycles. The molecule has 1 atom stereocenters. The first-order valence-electron chi connectivity index (χ1n) is 7.29. The Morgan fingerprint density at radius 1 is 1.32 bits per heavy atom. The zero-order chi connectivity index (χ0) is 15.5. The van der Waals surface area contributed by atoms with E-state index in [0.29, 0.717) is 13.1 Å². The Balaban J connectivity index is 1.60. The van der Waals surface area contributed by atoms with Gasteiger partial charge in [-0.25, -0.2) is 4.79 Å². The summed E-state index contributed by atoms with van der Waals surface area (Å²) in [6.45, 7) is 3.16. The second-order valence-electron chi connectivity index (χ2n) is 5.45. The van der Waals surface area contributed by atoms with E-state index >= 15 is 0 Å². The van der Waals surface area contributed by atoms with E-state index in [1.807, 2.05) is 36.7 Å². The van der Waals surface area contributed by atoms with E-state index in [0.717, 1.165) is 5.82 Å². The Hall–Kier alpha value is -2.63. The molecule has 1 aromatic heterocycles. The molecule has 3 rings (SSSR count). The molecule has 0 saturated carbocycles. The van der Waals surface area contributed by atoms with Gasteiger partial charge < -0.3 is 14.8 Å². The number of amides is 2. The highest BCUT2D eigenvalue weighted by Crippen LogP contribution is 2.21. The Morgan fingerprint density at radius 2 is 2.09 bits per heavy atom. The van der Waals surface area contributed by atoms with Crippen LogP contribution in [-0.4, -0.2) is 38.8 Å². The molecule has 0 radical (unpaired) electrons. The van der Waals surface area contributed by atoms with Crippen LogP contribution in [0.3, 0.4) is 0 Å². The third kappa shape index (κ3) is 2.86. The minimum absolute atomic E-state index is 0.0855. The summed E-state index contributed by atoms with van der Waals surface area (Å²) in [5, 5.41) is 10.8. The number of nitrogens with zero attached hydrogens (tertiary/aromatic N) is 4. The van der Waals surface area contributed by atoms with Crippen LogP contribution in [0.4, 0.5) is 4.79 Å². The maximum Gasteiger partial charge on any atom is 0.318 e. The van der Waals surface area contributed by atoms with Gasteiger partial charge in [-0.05, 0) is 18.1 Å². The number of carbonyl (C=O) groups is 1. The number of benzene rings is 1. The van der Waals surface area contributed by atoms with Crippen molar-refractivity contribution in [2.24, 2.45) is 7.05 Å². The first-order valence-corrected chi connectivity index (χ1v) is 7.29. The van der Waals surface area contributed by atoms with Crippen molar-refractivity contribution in [3.05, 3.63) is 54.1 Å². The second-order valence-corrected chi connectivity index (χ2v) is 5.45. The Morgan fingerprint density at radius 3 is 2.77 bits per heavy atom. The first-order chi connectivity index (χ1) is 10.6. The van der Waals surface area contributed by atoms with Crippen LogP contribution in [0.25, 0.3) is 5.57 Å². The summed E-state index contributed by atoms with van der Waals surface area (Å²) in [5.41, 5.74) is 2.35. The minimum atomic E-state index is -0.180. The van der Waals surface area contributed by atoms with Gasteiger partial charge in [0.15, 0.2) is 5.82 Å². The Kier molecular flexibility index (Phi) is 3.91. The van der Waals surface area contributed by atoms with Crippen molar-refractivity contribution in [2.75, 3.05) is 13.1 Å². The van der Waals surface area contributed by atoms with Gasteiger partial charge in [0.1, 0.15) is 6.33 Å². The quantitative estimate of drug-likeness (QED) is 0.942. The standard InChI is InChI=1S/C16H19N5O/c1-12(15-19-17-11-20(15)2)18-16(22)21-9-8-14(10-21)13-6-4-3-5-7-13/h3-8,11-12H,9-10H2,1-2H3,(H,18,22). The zero-order valence-corrected chi connectivity index (χ0v) is 12.7. The lowest BCUT2D eigenvalue weighted by Crippen LogP contribution is -2.40. The van der Waals surface area contributed by atoms with Crippen molar-refractivity contribution in [3.8, 4) is 0 Å². The maximum absolute atomic E-state index is 12.4. The fourth-order valence-corrected chi connectivity index (χ4v) is 2.60. The van der Waals surface area contributed by atoms with Crippen LogP contribution < -0.4 is 5.32 Å². The van der Waals surface area contributed by atoms with Crippen molar-refractivity contribution in [1.29, 1.82) is 0 Å². The molecule has 2 amide bonds. The van der Waals surface area contributed by atoms with Crippen molar-refractivity contribution in [2.45, 2.75) is 13.0 Å². The molecule has 2 aromatic rings. The van der Waals surface area contributed by atoms with Crippen molar-refractivity contribution >= 4 is 11.6 Å². The molecule has 1 N–H and O–H groups in total. The van der Waals surface area contributed by atoms with Crippen LogP contribution in [-0.2, 0) is 7.05 Å². The number of rotatable bonds is 3. The topological polar surface area (TPSA) is 63.1 Å². The molecule has 6 nitrogen and oxygen atoms in total. The van der Waals surface area contributed by atoms with Crippen LogP contribution in [0.5, 0.6) is 0 Å². The van der Waals surface area contributed by atoms with Gasteiger partial charge in [-0.2, -0.15) is 0 Å². The summed E-state index contributed by atoms with van der Waals surface area (Å²) in [6, 6.07) is 9.87. The summed E-state index contributed by atoms with van der Waals surface area (Å²) < 4.78 is 1.81. The lowest BCUT2D eigenvalue weighted by atomic mass is 10.1. The molecule has 0 fully saturated rings. The van der Waals surface area contributed by atoms with E-state index in [4.69, 9.17) is 0 Å². The van der Waals surface area contributed by atoms with E-state index in [1.54, 1.807) is 11.2 Å². The number of hydrogen-bond acceptors (Lipinski definition) is 3. The number of urea groups is 1. The van der Waals surface area contributed by atoms with Gasteiger partial charge in [0.25, 0.3) is 0 Å². The summed E-state index contributed by atoms with van der Waals surface area (Å²) in [4.78, 5) is 14.2. The number of aromatic nitrogens is 3. The highest BCUT2D eigenvalue weighted by atomic mass is 16.2. The van der Waals surface area contributed by atoms with Crippen LogP contribution >= 0.6 is 0 Å². The van der Waals surface area contributed by atoms with E-state index < -0.39 is 0 Å². The smallest absolute Gasteiger partial charge is 0.318 e. The maximum atomic E-state index is 12.4. The lowest BCUT2D eigenvalue weighted by molar-refractivity contribution is 0.207. The zero-order valence-electron chi connectivity index (χ0n) is 12.7. The average molecular weight is 297 g/mol. The summed E-state index contributed by atoms with van der Waals surface area (Å²) >= 11 is 0. The number of hydrogen-bond donors (Lipinski definition) is 1. The fourth-order valence-electron chi connectivity index (χ4n) is 2.60. The third-order valence-electron chi connectivity index (χ3n) is 3.82. The molecule has 22 heavy (non-hydrogen) atoms. The predicted molar refractivity (Wildman–Crippen MR) is 83.9 cm³/mol. The molecule has 1 unspecified atom stereocenters. The van der Waals surface area contributed by atoms with Gasteiger partial charge in [-0.1, -0.05) is 36.4 Å². The molecule has 1 aliphatic rings. The SMILES string of the molecule is CC(NC(=O)N1CC=C(c2ccccc2)C1)c1nncn1C. The lowest BCUT2D eigenvalue weighted by Gasteiger charge is -2.20. The Labute approximate surface area is 129 Å². The van der Waals surface area contributed by atoms with Crippen molar-refractivity contribution in [1.82, 2.24) is 25.0 Å². The predicted octanol–water partition coefficient (Wildman–Crippen LogP) is 1.98. The second kappa shape index (κ2) is 6.01. The van der Waals surface area contributed by atoms with Gasteiger partial charge in [0, 0.05) is 20.1 Å². The van der Waals surface area contributed by atoms with Crippen LogP contribution in [0.15, 0.2) is 42.7 Å². The van der Waals surface area contributed by atoms with E-state index in [2.05, 4.69) is 33.7 Å². The minimum Gasteiger partial charge on any atom is -0.328 e. The molecule has 0 saturated heterocycles. The molecule has 1 aliphatic heterocycles. The summed E-state index contributed by atoms with van der Waals surface area (Å²) in [5.74, 6) is 0.740. The molecular formula is C16H19N5O. The van der Waals surface area contributed by atoms with Gasteiger partial charge in [0.05, 0.1) is 6.04 Å². The third-order valence-corrected chi connectivity index (χ3v) is 3.82. The fraction of sp³-hybridized carbons (Fsp3) is 0.312. The first kappa shape index (κ1) is 14.3. The van der Waals surface area contributed by atoms with Crippen LogP contribution in [0.2, 0.25) is 0 Å². The van der Waals surface area contributed by atoms with Crippen molar-refractivity contribution in [3.63, 3.8) is 0 Å².